The van der Waals surface area contributed by atoms with E-state index < -0.39 is 4.92 Å². The van der Waals surface area contributed by atoms with Crippen molar-refractivity contribution in [3.63, 3.8) is 0 Å². The van der Waals surface area contributed by atoms with Gasteiger partial charge in [-0.05, 0) is 17.7 Å². The van der Waals surface area contributed by atoms with Gasteiger partial charge in [0.15, 0.2) is 0 Å². The molecular formula is C14H13ClN4O3. The van der Waals surface area contributed by atoms with Crippen molar-refractivity contribution in [3.05, 3.63) is 62.8 Å². The zero-order chi connectivity index (χ0) is 16.1. The van der Waals surface area contributed by atoms with Crippen molar-refractivity contribution in [2.24, 2.45) is 0 Å². The largest absolute Gasteiger partial charge is 0.360 e. The molecule has 0 saturated carbocycles. The summed E-state index contributed by atoms with van der Waals surface area (Å²) in [5, 5.41) is 16.6. The fraction of sp³-hybridized carbons (Fsp3) is 0.143. The molecule has 0 saturated heterocycles. The molecule has 1 amide bonds. The van der Waals surface area contributed by atoms with Crippen molar-refractivity contribution in [1.82, 2.24) is 10.3 Å². The van der Waals surface area contributed by atoms with E-state index in [4.69, 9.17) is 11.6 Å². The number of benzene rings is 1. The average molecular weight is 321 g/mol. The fourth-order valence-electron chi connectivity index (χ4n) is 1.86. The van der Waals surface area contributed by atoms with Crippen LogP contribution in [0, 0.1) is 10.1 Å². The Labute approximate surface area is 131 Å². The number of aromatic nitrogens is 1. The van der Waals surface area contributed by atoms with Crippen molar-refractivity contribution >= 4 is 29.0 Å². The predicted molar refractivity (Wildman–Crippen MR) is 83.1 cm³/mol. The van der Waals surface area contributed by atoms with Gasteiger partial charge < -0.3 is 10.6 Å². The van der Waals surface area contributed by atoms with Crippen LogP contribution in [0.4, 0.5) is 11.5 Å². The molecule has 1 aromatic carbocycles. The van der Waals surface area contributed by atoms with Crippen LogP contribution in [0.15, 0.2) is 36.5 Å². The number of rotatable bonds is 5. The van der Waals surface area contributed by atoms with Gasteiger partial charge in [0.05, 0.1) is 9.95 Å². The molecule has 114 valence electrons. The van der Waals surface area contributed by atoms with Crippen molar-refractivity contribution in [2.75, 3.05) is 12.4 Å². The first-order valence-corrected chi connectivity index (χ1v) is 6.74. The molecule has 0 bridgehead atoms. The van der Waals surface area contributed by atoms with Gasteiger partial charge in [0.1, 0.15) is 0 Å². The standard InChI is InChI=1S/C14H13ClN4O3/c1-16-14(20)10-4-2-3-9(5-10)7-17-13-12(19(21)22)6-11(15)8-18-13/h2-6,8H,7H2,1H3,(H,16,20)(H,17,18). The summed E-state index contributed by atoms with van der Waals surface area (Å²) < 4.78 is 0. The molecule has 0 radical (unpaired) electrons. The zero-order valence-corrected chi connectivity index (χ0v) is 12.4. The minimum absolute atomic E-state index is 0.125. The third-order valence-corrected chi connectivity index (χ3v) is 3.11. The number of nitrogens with one attached hydrogen (secondary N) is 2. The number of carbonyl (C=O) groups excluding carboxylic acids is 1. The summed E-state index contributed by atoms with van der Waals surface area (Å²) in [6.07, 6.45) is 1.33. The highest BCUT2D eigenvalue weighted by molar-refractivity contribution is 6.30. The van der Waals surface area contributed by atoms with E-state index in [0.29, 0.717) is 12.1 Å². The Bertz CT molecular complexity index is 721. The van der Waals surface area contributed by atoms with E-state index in [-0.39, 0.29) is 22.4 Å². The number of nitro groups is 1. The summed E-state index contributed by atoms with van der Waals surface area (Å²) in [5.41, 5.74) is 1.11. The SMILES string of the molecule is CNC(=O)c1cccc(CNc2ncc(Cl)cc2[N+](=O)[O-])c1. The van der Waals surface area contributed by atoms with E-state index in [1.54, 1.807) is 31.3 Å². The van der Waals surface area contributed by atoms with Crippen LogP contribution in [0.3, 0.4) is 0 Å². The summed E-state index contributed by atoms with van der Waals surface area (Å²) in [6, 6.07) is 8.17. The van der Waals surface area contributed by atoms with E-state index in [0.717, 1.165) is 5.56 Å². The molecule has 22 heavy (non-hydrogen) atoms. The maximum Gasteiger partial charge on any atom is 0.312 e. The van der Waals surface area contributed by atoms with Crippen LogP contribution in [0.1, 0.15) is 15.9 Å². The number of amides is 1. The van der Waals surface area contributed by atoms with Gasteiger partial charge in [-0.2, -0.15) is 0 Å². The molecule has 0 aliphatic carbocycles. The summed E-state index contributed by atoms with van der Waals surface area (Å²) in [6.45, 7) is 0.292. The van der Waals surface area contributed by atoms with Crippen molar-refractivity contribution in [1.29, 1.82) is 0 Å². The summed E-state index contributed by atoms with van der Waals surface area (Å²) in [5.74, 6) is -0.0720. The molecule has 1 heterocycles. The molecule has 2 aromatic rings. The Morgan fingerprint density at radius 1 is 1.41 bits per heavy atom. The molecule has 0 aliphatic heterocycles. The molecule has 1 aromatic heterocycles. The van der Waals surface area contributed by atoms with Crippen LogP contribution in [0.2, 0.25) is 5.02 Å². The first-order valence-electron chi connectivity index (χ1n) is 6.36. The molecule has 0 unspecified atom stereocenters. The number of halogens is 1. The number of anilines is 1. The molecule has 8 heteroatoms. The van der Waals surface area contributed by atoms with E-state index in [9.17, 15) is 14.9 Å². The fourth-order valence-corrected chi connectivity index (χ4v) is 2.01. The zero-order valence-electron chi connectivity index (χ0n) is 11.7. The molecule has 2 N–H and O–H groups in total. The van der Waals surface area contributed by atoms with Gasteiger partial charge in [0.25, 0.3) is 5.91 Å². The van der Waals surface area contributed by atoms with Gasteiger partial charge in [0.2, 0.25) is 5.82 Å². The molecule has 7 nitrogen and oxygen atoms in total. The van der Waals surface area contributed by atoms with E-state index in [2.05, 4.69) is 15.6 Å². The lowest BCUT2D eigenvalue weighted by Gasteiger charge is -2.08. The number of hydrogen-bond donors (Lipinski definition) is 2. The minimum atomic E-state index is -0.553. The Hall–Kier alpha value is -2.67. The van der Waals surface area contributed by atoms with Crippen molar-refractivity contribution in [3.8, 4) is 0 Å². The van der Waals surface area contributed by atoms with Crippen LogP contribution in [-0.4, -0.2) is 22.9 Å². The number of pyridine rings is 1. The first-order chi connectivity index (χ1) is 10.5. The van der Waals surface area contributed by atoms with Crippen molar-refractivity contribution in [2.45, 2.75) is 6.54 Å². The Balaban J connectivity index is 2.17. The van der Waals surface area contributed by atoms with E-state index in [1.165, 1.54) is 12.3 Å². The Morgan fingerprint density at radius 3 is 2.86 bits per heavy atom. The summed E-state index contributed by atoms with van der Waals surface area (Å²) in [4.78, 5) is 25.9. The Kier molecular flexibility index (Phi) is 4.90. The van der Waals surface area contributed by atoms with Crippen LogP contribution in [-0.2, 0) is 6.54 Å². The second-order valence-electron chi connectivity index (χ2n) is 4.41. The first kappa shape index (κ1) is 15.7. The molecule has 0 spiro atoms. The normalized spacial score (nSPS) is 10.1. The third-order valence-electron chi connectivity index (χ3n) is 2.91. The maximum absolute atomic E-state index is 11.6. The Morgan fingerprint density at radius 2 is 2.18 bits per heavy atom. The molecular weight excluding hydrogens is 308 g/mol. The van der Waals surface area contributed by atoms with Gasteiger partial charge in [-0.15, -0.1) is 0 Å². The smallest absolute Gasteiger partial charge is 0.312 e. The topological polar surface area (TPSA) is 97.2 Å². The predicted octanol–water partition coefficient (Wildman–Crippen LogP) is 2.61. The molecule has 0 atom stereocenters. The second kappa shape index (κ2) is 6.86. The highest BCUT2D eigenvalue weighted by atomic mass is 35.5. The van der Waals surface area contributed by atoms with Crippen LogP contribution >= 0.6 is 11.6 Å². The number of hydrogen-bond acceptors (Lipinski definition) is 5. The van der Waals surface area contributed by atoms with Gasteiger partial charge in [0, 0.05) is 31.4 Å². The highest BCUT2D eigenvalue weighted by Crippen LogP contribution is 2.25. The van der Waals surface area contributed by atoms with Crippen LogP contribution in [0.25, 0.3) is 0 Å². The average Bonchev–Trinajstić information content (AvgIpc) is 2.53. The quantitative estimate of drug-likeness (QED) is 0.652. The number of carbonyl (C=O) groups is 1. The van der Waals surface area contributed by atoms with Crippen LogP contribution in [0.5, 0.6) is 0 Å². The second-order valence-corrected chi connectivity index (χ2v) is 4.85. The van der Waals surface area contributed by atoms with Crippen LogP contribution < -0.4 is 10.6 Å². The van der Waals surface area contributed by atoms with Gasteiger partial charge in [-0.1, -0.05) is 23.7 Å². The lowest BCUT2D eigenvalue weighted by molar-refractivity contribution is -0.384. The lowest BCUT2D eigenvalue weighted by Crippen LogP contribution is -2.18. The number of nitrogens with zero attached hydrogens (tertiary/aromatic N) is 2. The molecule has 2 rings (SSSR count). The lowest BCUT2D eigenvalue weighted by atomic mass is 10.1. The minimum Gasteiger partial charge on any atom is -0.360 e. The monoisotopic (exact) mass is 320 g/mol. The third kappa shape index (κ3) is 3.70. The maximum atomic E-state index is 11.6. The highest BCUT2D eigenvalue weighted by Gasteiger charge is 2.15. The van der Waals surface area contributed by atoms with Gasteiger partial charge >= 0.3 is 5.69 Å². The molecule has 0 aliphatic rings. The summed E-state index contributed by atoms with van der Waals surface area (Å²) >= 11 is 5.71. The van der Waals surface area contributed by atoms with Crippen molar-refractivity contribution < 1.29 is 9.72 Å². The van der Waals surface area contributed by atoms with E-state index in [1.807, 2.05) is 0 Å². The van der Waals surface area contributed by atoms with E-state index >= 15 is 0 Å². The van der Waals surface area contributed by atoms with Gasteiger partial charge in [-0.25, -0.2) is 4.98 Å². The summed E-state index contributed by atoms with van der Waals surface area (Å²) in [7, 11) is 1.55. The van der Waals surface area contributed by atoms with Gasteiger partial charge in [-0.3, -0.25) is 14.9 Å². The molecule has 0 fully saturated rings.